The van der Waals surface area contributed by atoms with Gasteiger partial charge in [0.15, 0.2) is 0 Å². The first kappa shape index (κ1) is 13.9. The Kier molecular flexibility index (Phi) is 4.40. The van der Waals surface area contributed by atoms with Crippen LogP contribution in [0.4, 0.5) is 5.82 Å². The predicted molar refractivity (Wildman–Crippen MR) is 81.2 cm³/mol. The van der Waals surface area contributed by atoms with Crippen LogP contribution < -0.4 is 5.32 Å². The minimum absolute atomic E-state index is 0.608. The van der Waals surface area contributed by atoms with E-state index in [2.05, 4.69) is 17.2 Å². The van der Waals surface area contributed by atoms with Crippen LogP contribution in [0.3, 0.4) is 0 Å². The van der Waals surface area contributed by atoms with Gasteiger partial charge < -0.3 is 10.1 Å². The van der Waals surface area contributed by atoms with Crippen LogP contribution in [0.1, 0.15) is 36.0 Å². The van der Waals surface area contributed by atoms with Gasteiger partial charge in [-0.1, -0.05) is 6.92 Å². The standard InChI is InChI=1S/C16H20N4O/c1-2-6-18-16-13-11-21-9-5-14(13)19-15(20-16)10-12-3-7-17-8-4-12/h3-4,7-8H,2,5-6,9-11H2,1H3,(H,18,19,20). The summed E-state index contributed by atoms with van der Waals surface area (Å²) in [6.45, 7) is 4.41. The summed E-state index contributed by atoms with van der Waals surface area (Å²) in [6, 6.07) is 4.01. The zero-order valence-electron chi connectivity index (χ0n) is 12.3. The fraction of sp³-hybridized carbons (Fsp3) is 0.438. The number of pyridine rings is 1. The molecular formula is C16H20N4O. The van der Waals surface area contributed by atoms with Gasteiger partial charge >= 0.3 is 0 Å². The van der Waals surface area contributed by atoms with Crippen molar-refractivity contribution in [2.45, 2.75) is 32.8 Å². The molecule has 3 rings (SSSR count). The number of nitrogens with zero attached hydrogens (tertiary/aromatic N) is 3. The van der Waals surface area contributed by atoms with E-state index in [1.165, 1.54) is 5.56 Å². The van der Waals surface area contributed by atoms with Crippen LogP contribution in [0, 0.1) is 0 Å². The monoisotopic (exact) mass is 284 g/mol. The number of fused-ring (bicyclic) bond motifs is 1. The normalized spacial score (nSPS) is 13.8. The van der Waals surface area contributed by atoms with Crippen molar-refractivity contribution in [3.05, 3.63) is 47.2 Å². The Balaban J connectivity index is 1.90. The number of aromatic nitrogens is 3. The smallest absolute Gasteiger partial charge is 0.135 e. The predicted octanol–water partition coefficient (Wildman–Crippen LogP) is 2.36. The number of anilines is 1. The minimum Gasteiger partial charge on any atom is -0.376 e. The van der Waals surface area contributed by atoms with E-state index in [-0.39, 0.29) is 0 Å². The van der Waals surface area contributed by atoms with Crippen molar-refractivity contribution < 1.29 is 4.74 Å². The van der Waals surface area contributed by atoms with Crippen molar-refractivity contribution in [1.29, 1.82) is 0 Å². The van der Waals surface area contributed by atoms with Crippen molar-refractivity contribution in [2.24, 2.45) is 0 Å². The molecule has 0 aromatic carbocycles. The lowest BCUT2D eigenvalue weighted by molar-refractivity contribution is 0.109. The second kappa shape index (κ2) is 6.63. The highest BCUT2D eigenvalue weighted by molar-refractivity contribution is 5.47. The first-order valence-electron chi connectivity index (χ1n) is 7.46. The molecule has 3 heterocycles. The van der Waals surface area contributed by atoms with E-state index in [0.29, 0.717) is 6.61 Å². The van der Waals surface area contributed by atoms with Gasteiger partial charge in [-0.2, -0.15) is 0 Å². The van der Waals surface area contributed by atoms with E-state index in [1.54, 1.807) is 12.4 Å². The maximum atomic E-state index is 5.55. The number of nitrogens with one attached hydrogen (secondary N) is 1. The summed E-state index contributed by atoms with van der Waals surface area (Å²) >= 11 is 0. The number of hydrogen-bond donors (Lipinski definition) is 1. The Labute approximate surface area is 124 Å². The average molecular weight is 284 g/mol. The van der Waals surface area contributed by atoms with Gasteiger partial charge in [-0.25, -0.2) is 9.97 Å². The topological polar surface area (TPSA) is 59.9 Å². The van der Waals surface area contributed by atoms with Gasteiger partial charge in [0.05, 0.1) is 18.9 Å². The van der Waals surface area contributed by atoms with Crippen LogP contribution in [0.2, 0.25) is 0 Å². The lowest BCUT2D eigenvalue weighted by Gasteiger charge is -2.20. The van der Waals surface area contributed by atoms with Crippen LogP contribution in [0.5, 0.6) is 0 Å². The van der Waals surface area contributed by atoms with Crippen LogP contribution in [-0.2, 0) is 24.2 Å². The second-order valence-corrected chi connectivity index (χ2v) is 5.18. The van der Waals surface area contributed by atoms with E-state index in [0.717, 1.165) is 55.3 Å². The highest BCUT2D eigenvalue weighted by Crippen LogP contribution is 2.23. The summed E-state index contributed by atoms with van der Waals surface area (Å²) in [7, 11) is 0. The average Bonchev–Trinajstić information content (AvgIpc) is 2.53. The molecule has 2 aromatic heterocycles. The van der Waals surface area contributed by atoms with Crippen LogP contribution in [-0.4, -0.2) is 28.1 Å². The molecule has 0 atom stereocenters. The van der Waals surface area contributed by atoms with Crippen molar-refractivity contribution in [2.75, 3.05) is 18.5 Å². The molecule has 0 bridgehead atoms. The quantitative estimate of drug-likeness (QED) is 0.913. The molecule has 1 N–H and O–H groups in total. The Morgan fingerprint density at radius 2 is 2.10 bits per heavy atom. The summed E-state index contributed by atoms with van der Waals surface area (Å²) in [6.07, 6.45) is 6.27. The molecule has 110 valence electrons. The SMILES string of the molecule is CCCNc1nc(Cc2ccncc2)nc2c1COCC2. The van der Waals surface area contributed by atoms with Gasteiger partial charge in [0, 0.05) is 37.3 Å². The van der Waals surface area contributed by atoms with Gasteiger partial charge in [0.25, 0.3) is 0 Å². The highest BCUT2D eigenvalue weighted by Gasteiger charge is 2.18. The van der Waals surface area contributed by atoms with Crippen molar-refractivity contribution >= 4 is 5.82 Å². The molecule has 21 heavy (non-hydrogen) atoms. The van der Waals surface area contributed by atoms with Crippen LogP contribution in [0.25, 0.3) is 0 Å². The van der Waals surface area contributed by atoms with Gasteiger partial charge in [0.2, 0.25) is 0 Å². The van der Waals surface area contributed by atoms with Gasteiger partial charge in [0.1, 0.15) is 11.6 Å². The summed E-state index contributed by atoms with van der Waals surface area (Å²) in [5.74, 6) is 1.80. The van der Waals surface area contributed by atoms with E-state index in [9.17, 15) is 0 Å². The Hall–Kier alpha value is -2.01. The van der Waals surface area contributed by atoms with Gasteiger partial charge in [-0.05, 0) is 24.1 Å². The third-order valence-corrected chi connectivity index (χ3v) is 3.52. The Morgan fingerprint density at radius 3 is 2.90 bits per heavy atom. The molecule has 0 aliphatic carbocycles. The zero-order valence-corrected chi connectivity index (χ0v) is 12.3. The van der Waals surface area contributed by atoms with Crippen molar-refractivity contribution in [3.8, 4) is 0 Å². The Morgan fingerprint density at radius 1 is 1.24 bits per heavy atom. The van der Waals surface area contributed by atoms with Crippen molar-refractivity contribution in [3.63, 3.8) is 0 Å². The van der Waals surface area contributed by atoms with Crippen molar-refractivity contribution in [1.82, 2.24) is 15.0 Å². The lowest BCUT2D eigenvalue weighted by Crippen LogP contribution is -2.18. The summed E-state index contributed by atoms with van der Waals surface area (Å²) < 4.78 is 5.55. The number of hydrogen-bond acceptors (Lipinski definition) is 5. The first-order valence-corrected chi connectivity index (χ1v) is 7.46. The maximum absolute atomic E-state index is 5.55. The minimum atomic E-state index is 0.608. The molecule has 0 saturated carbocycles. The third kappa shape index (κ3) is 3.36. The molecule has 5 heteroatoms. The van der Waals surface area contributed by atoms with Crippen LogP contribution in [0.15, 0.2) is 24.5 Å². The lowest BCUT2D eigenvalue weighted by atomic mass is 10.1. The van der Waals surface area contributed by atoms with Gasteiger partial charge in [-0.3, -0.25) is 4.98 Å². The fourth-order valence-electron chi connectivity index (χ4n) is 2.43. The van der Waals surface area contributed by atoms with Crippen LogP contribution >= 0.6 is 0 Å². The van der Waals surface area contributed by atoms with E-state index in [4.69, 9.17) is 14.7 Å². The molecule has 0 unspecified atom stereocenters. The number of rotatable bonds is 5. The molecule has 0 saturated heterocycles. The molecule has 5 nitrogen and oxygen atoms in total. The molecule has 2 aromatic rings. The first-order chi connectivity index (χ1) is 10.4. The van der Waals surface area contributed by atoms with E-state index >= 15 is 0 Å². The fourth-order valence-corrected chi connectivity index (χ4v) is 2.43. The highest BCUT2D eigenvalue weighted by atomic mass is 16.5. The summed E-state index contributed by atoms with van der Waals surface area (Å²) in [5.41, 5.74) is 3.42. The summed E-state index contributed by atoms with van der Waals surface area (Å²) in [5, 5.41) is 3.41. The molecule has 1 aliphatic rings. The second-order valence-electron chi connectivity index (χ2n) is 5.18. The van der Waals surface area contributed by atoms with E-state index < -0.39 is 0 Å². The Bertz CT molecular complexity index is 601. The van der Waals surface area contributed by atoms with Gasteiger partial charge in [-0.15, -0.1) is 0 Å². The molecule has 0 radical (unpaired) electrons. The molecular weight excluding hydrogens is 264 g/mol. The largest absolute Gasteiger partial charge is 0.376 e. The molecule has 0 amide bonds. The number of ether oxygens (including phenoxy) is 1. The third-order valence-electron chi connectivity index (χ3n) is 3.52. The summed E-state index contributed by atoms with van der Waals surface area (Å²) in [4.78, 5) is 13.5. The van der Waals surface area contributed by atoms with E-state index in [1.807, 2.05) is 12.1 Å². The molecule has 0 fully saturated rings. The molecule has 1 aliphatic heterocycles. The molecule has 0 spiro atoms. The zero-order chi connectivity index (χ0) is 14.5. The maximum Gasteiger partial charge on any atom is 0.135 e.